The Morgan fingerprint density at radius 3 is 1.00 bits per heavy atom. The van der Waals surface area contributed by atoms with Crippen LogP contribution in [-0.2, 0) is 0 Å². The van der Waals surface area contributed by atoms with Crippen LogP contribution in [0.4, 0.5) is 0 Å². The van der Waals surface area contributed by atoms with Crippen molar-refractivity contribution in [2.75, 3.05) is 0 Å². The summed E-state index contributed by atoms with van der Waals surface area (Å²) in [6.45, 7) is 0. The van der Waals surface area contributed by atoms with Crippen LogP contribution in [0.5, 0.6) is 0 Å². The number of para-hydroxylation sites is 5. The predicted octanol–water partition coefficient (Wildman–Crippen LogP) is 17.0. The van der Waals surface area contributed by atoms with Gasteiger partial charge in [0.2, 0.25) is 11.9 Å². The van der Waals surface area contributed by atoms with Crippen LogP contribution in [0.25, 0.3) is 129 Å². The van der Waals surface area contributed by atoms with Crippen molar-refractivity contribution in [2.24, 2.45) is 0 Å². The highest BCUT2D eigenvalue weighted by molar-refractivity contribution is 7.20. The molecule has 5 heterocycles. The van der Waals surface area contributed by atoms with Crippen molar-refractivity contribution < 1.29 is 0 Å². The number of nitrogens with zero attached hydrogens (tertiary/aromatic N) is 10. The molecule has 11 heteroatoms. The zero-order chi connectivity index (χ0) is 63.9. The Kier molecular flexibility index (Phi) is 14.4. The topological polar surface area (TPSA) is 116 Å². The smallest absolute Gasteiger partial charge is 0.240 e. The molecular formula is C85H56N10Si. The summed E-state index contributed by atoms with van der Waals surface area (Å²) in [5.74, 6) is 3.61. The lowest BCUT2D eigenvalue weighted by atomic mass is 10.1. The fourth-order valence-corrected chi connectivity index (χ4v) is 18.8. The minimum Gasteiger partial charge on any atom is -0.309 e. The molecule has 0 bridgehead atoms. The van der Waals surface area contributed by atoms with E-state index in [0.717, 1.165) is 93.4 Å². The highest BCUT2D eigenvalue weighted by Gasteiger charge is 2.41. The lowest BCUT2D eigenvalue weighted by molar-refractivity contribution is 0.893. The van der Waals surface area contributed by atoms with Crippen LogP contribution in [0.15, 0.2) is 340 Å². The van der Waals surface area contributed by atoms with Crippen molar-refractivity contribution in [3.05, 3.63) is 345 Å². The predicted molar refractivity (Wildman–Crippen MR) is 393 cm³/mol. The number of hydrogen-bond donors (Lipinski definition) is 0. The molecule has 0 N–H and O–H groups in total. The summed E-state index contributed by atoms with van der Waals surface area (Å²) in [7, 11) is -2.82. The Morgan fingerprint density at radius 1 is 0.240 bits per heavy atom. The Bertz CT molecular complexity index is 5590. The Balaban J connectivity index is 0.000000156. The summed E-state index contributed by atoms with van der Waals surface area (Å²) in [5, 5.41) is 21.4. The molecule has 0 aliphatic carbocycles. The summed E-state index contributed by atoms with van der Waals surface area (Å²) >= 11 is 0. The largest absolute Gasteiger partial charge is 0.309 e. The van der Waals surface area contributed by atoms with E-state index in [1.54, 1.807) is 0 Å². The maximum atomic E-state index is 9.49. The minimum absolute atomic E-state index is 0.567. The van der Waals surface area contributed by atoms with E-state index in [-0.39, 0.29) is 0 Å². The van der Waals surface area contributed by atoms with E-state index in [0.29, 0.717) is 40.8 Å². The van der Waals surface area contributed by atoms with E-state index in [2.05, 4.69) is 256 Å². The summed E-state index contributed by atoms with van der Waals surface area (Å²) in [4.78, 5) is 30.8. The van der Waals surface area contributed by atoms with E-state index >= 15 is 0 Å². The van der Waals surface area contributed by atoms with Gasteiger partial charge < -0.3 is 4.57 Å². The molecule has 0 saturated heterocycles. The van der Waals surface area contributed by atoms with Crippen LogP contribution in [0.3, 0.4) is 0 Å². The lowest BCUT2D eigenvalue weighted by Gasteiger charge is -2.34. The lowest BCUT2D eigenvalue weighted by Crippen LogP contribution is -2.74. The molecule has 10 nitrogen and oxygen atoms in total. The van der Waals surface area contributed by atoms with Gasteiger partial charge in [-0.2, -0.15) is 20.2 Å². The van der Waals surface area contributed by atoms with E-state index in [4.69, 9.17) is 29.9 Å². The molecule has 0 radical (unpaired) electrons. The Morgan fingerprint density at radius 2 is 0.562 bits per heavy atom. The molecule has 0 atom stereocenters. The van der Waals surface area contributed by atoms with Crippen molar-refractivity contribution in [3.8, 4) is 69.2 Å². The van der Waals surface area contributed by atoms with Crippen LogP contribution < -0.4 is 20.7 Å². The van der Waals surface area contributed by atoms with Crippen LogP contribution in [-0.4, -0.2) is 51.7 Å². The molecule has 18 rings (SSSR count). The van der Waals surface area contributed by atoms with Gasteiger partial charge in [0, 0.05) is 60.3 Å². The van der Waals surface area contributed by atoms with Gasteiger partial charge in [-0.05, 0) is 81.4 Å². The third kappa shape index (κ3) is 9.88. The van der Waals surface area contributed by atoms with Gasteiger partial charge in [-0.15, -0.1) is 0 Å². The van der Waals surface area contributed by atoms with Gasteiger partial charge in [0.15, 0.2) is 31.4 Å². The van der Waals surface area contributed by atoms with E-state index in [1.807, 2.05) is 103 Å². The molecule has 0 saturated carbocycles. The standard InChI is InChI=1S/C51H35N5Si.C34H21N5/c1-4-20-37(21-5-1)57(38-22-6-2-7-23-38,39-24-8-3-9-25-39)40-26-18-19-36(35-40)49-52-50(55-45-31-14-10-27-41(45)42-28-11-15-32-46(42)55)54-51(53-49)56-47-33-16-12-29-43(47)44-30-13-17-34-48(44)56;35-22-23-18-19-31-29(20-23)28-16-7-8-17-30(28)39(31)27-15-9-14-26(21-27)34-37-32(24-10-3-1-4-11-24)36-33(38-34)25-12-5-2-6-13-25/h1-35H;1-21H. The number of aromatic nitrogens is 9. The molecule has 5 aromatic heterocycles. The quantitative estimate of drug-likeness (QED) is 0.0935. The first-order valence-electron chi connectivity index (χ1n) is 32.0. The molecule has 0 aliphatic heterocycles. The van der Waals surface area contributed by atoms with E-state index < -0.39 is 8.07 Å². The first-order chi connectivity index (χ1) is 47.6. The molecule has 450 valence electrons. The molecule has 96 heavy (non-hydrogen) atoms. The zero-order valence-electron chi connectivity index (χ0n) is 51.8. The van der Waals surface area contributed by atoms with E-state index in [1.165, 1.54) is 20.7 Å². The van der Waals surface area contributed by atoms with Crippen molar-refractivity contribution in [3.63, 3.8) is 0 Å². The van der Waals surface area contributed by atoms with Gasteiger partial charge in [0.1, 0.15) is 0 Å². The van der Waals surface area contributed by atoms with Gasteiger partial charge in [-0.1, -0.05) is 279 Å². The average molecular weight is 1250 g/mol. The second-order valence-electron chi connectivity index (χ2n) is 23.7. The van der Waals surface area contributed by atoms with Gasteiger partial charge >= 0.3 is 0 Å². The van der Waals surface area contributed by atoms with Crippen LogP contribution >= 0.6 is 0 Å². The summed E-state index contributed by atoms with van der Waals surface area (Å²) in [6.07, 6.45) is 0. The highest BCUT2D eigenvalue weighted by atomic mass is 28.3. The Hall–Kier alpha value is -13.0. The first-order valence-corrected chi connectivity index (χ1v) is 34.0. The molecule has 0 fully saturated rings. The fourth-order valence-electron chi connectivity index (χ4n) is 14.0. The molecule has 0 unspecified atom stereocenters. The second-order valence-corrected chi connectivity index (χ2v) is 27.5. The summed E-state index contributed by atoms with van der Waals surface area (Å²) in [6, 6.07) is 121. The van der Waals surface area contributed by atoms with Crippen molar-refractivity contribution in [2.45, 2.75) is 0 Å². The third-order valence-corrected chi connectivity index (χ3v) is 23.0. The summed E-state index contributed by atoms with van der Waals surface area (Å²) < 4.78 is 6.61. The summed E-state index contributed by atoms with van der Waals surface area (Å²) in [5.41, 5.74) is 11.6. The zero-order valence-corrected chi connectivity index (χ0v) is 52.8. The van der Waals surface area contributed by atoms with Gasteiger partial charge in [-0.3, -0.25) is 9.13 Å². The number of hydrogen-bond acceptors (Lipinski definition) is 7. The highest BCUT2D eigenvalue weighted by Crippen LogP contribution is 2.37. The molecule has 18 aromatic rings. The van der Waals surface area contributed by atoms with Crippen molar-refractivity contribution >= 4 is 94.2 Å². The molecule has 0 amide bonds. The van der Waals surface area contributed by atoms with Gasteiger partial charge in [-0.25, -0.2) is 15.0 Å². The van der Waals surface area contributed by atoms with Gasteiger partial charge in [0.25, 0.3) is 0 Å². The molecular weight excluding hydrogens is 1190 g/mol. The molecule has 0 aliphatic rings. The fraction of sp³-hybridized carbons (Fsp3) is 0. The maximum Gasteiger partial charge on any atom is 0.240 e. The normalized spacial score (nSPS) is 11.5. The van der Waals surface area contributed by atoms with Crippen LogP contribution in [0, 0.1) is 11.3 Å². The average Bonchev–Trinajstić information content (AvgIpc) is 1.76. The monoisotopic (exact) mass is 1240 g/mol. The van der Waals surface area contributed by atoms with Crippen LogP contribution in [0.1, 0.15) is 5.56 Å². The van der Waals surface area contributed by atoms with E-state index in [9.17, 15) is 5.26 Å². The number of fused-ring (bicyclic) bond motifs is 9. The number of rotatable bonds is 11. The first kappa shape index (κ1) is 56.9. The Labute approximate surface area is 554 Å². The number of nitriles is 1. The molecule has 13 aromatic carbocycles. The molecule has 0 spiro atoms. The minimum atomic E-state index is -2.82. The number of benzene rings is 13. The van der Waals surface area contributed by atoms with Crippen molar-refractivity contribution in [1.82, 2.24) is 43.6 Å². The maximum absolute atomic E-state index is 9.49. The van der Waals surface area contributed by atoms with Crippen molar-refractivity contribution in [1.29, 1.82) is 5.26 Å². The van der Waals surface area contributed by atoms with Gasteiger partial charge in [0.05, 0.1) is 44.7 Å². The van der Waals surface area contributed by atoms with Crippen LogP contribution in [0.2, 0.25) is 0 Å². The SMILES string of the molecule is N#Cc1ccc2c(c1)c1ccccc1n2-c1cccc(-c2nc(-c3ccccc3)nc(-c3ccccc3)n2)c1.c1ccc([Si](c2ccccc2)(c2ccccc2)c2cccc(-c3nc(-n4c5ccccc5c5ccccc54)nc(-n4c5ccccc5c5ccccc54)n3)c2)cc1. The second kappa shape index (κ2) is 24.2. The third-order valence-electron chi connectivity index (χ3n) is 18.2.